The summed E-state index contributed by atoms with van der Waals surface area (Å²) in [6.45, 7) is 3.53. The van der Waals surface area contributed by atoms with Crippen molar-refractivity contribution >= 4 is 51.4 Å². The zero-order chi connectivity index (χ0) is 21.8. The van der Waals surface area contributed by atoms with Crippen LogP contribution in [-0.2, 0) is 4.74 Å². The Hall–Kier alpha value is -3.16. The van der Waals surface area contributed by atoms with Crippen molar-refractivity contribution in [3.8, 4) is 0 Å². The van der Waals surface area contributed by atoms with Crippen molar-refractivity contribution in [2.45, 2.75) is 13.8 Å². The molecule has 30 heavy (non-hydrogen) atoms. The molecule has 3 rings (SSSR count). The van der Waals surface area contributed by atoms with Crippen molar-refractivity contribution in [1.29, 1.82) is 0 Å². The third-order valence-electron chi connectivity index (χ3n) is 4.47. The number of esters is 1. The van der Waals surface area contributed by atoms with Crippen LogP contribution in [0.1, 0.15) is 41.5 Å². The van der Waals surface area contributed by atoms with Gasteiger partial charge in [-0.15, -0.1) is 11.3 Å². The zero-order valence-corrected chi connectivity index (χ0v) is 18.1. The van der Waals surface area contributed by atoms with Crippen LogP contribution in [0.25, 0.3) is 0 Å². The van der Waals surface area contributed by atoms with Crippen molar-refractivity contribution in [1.82, 2.24) is 0 Å². The van der Waals surface area contributed by atoms with Crippen LogP contribution in [0.5, 0.6) is 0 Å². The highest BCUT2D eigenvalue weighted by Gasteiger charge is 2.26. The average molecular weight is 443 g/mol. The summed E-state index contributed by atoms with van der Waals surface area (Å²) in [5.74, 6) is -1.43. The Balaban J connectivity index is 1.94. The van der Waals surface area contributed by atoms with Crippen LogP contribution in [0.15, 0.2) is 48.5 Å². The van der Waals surface area contributed by atoms with Crippen LogP contribution in [0.2, 0.25) is 5.02 Å². The van der Waals surface area contributed by atoms with Gasteiger partial charge in [0.2, 0.25) is 0 Å². The minimum atomic E-state index is -0.634. The molecular formula is C22H19ClN2O4S. The minimum absolute atomic E-state index is 0.153. The van der Waals surface area contributed by atoms with Crippen LogP contribution in [0.4, 0.5) is 10.7 Å². The lowest BCUT2D eigenvalue weighted by atomic mass is 10.1. The fraction of sp³-hybridized carbons (Fsp3) is 0.136. The molecule has 0 saturated heterocycles. The summed E-state index contributed by atoms with van der Waals surface area (Å²) >= 11 is 6.88. The molecule has 2 N–H and O–H groups in total. The topological polar surface area (TPSA) is 84.5 Å². The Labute approximate surface area is 182 Å². The van der Waals surface area contributed by atoms with Gasteiger partial charge in [-0.05, 0) is 55.3 Å². The summed E-state index contributed by atoms with van der Waals surface area (Å²) in [7, 11) is 1.25. The number of carbonyl (C=O) groups is 3. The predicted molar refractivity (Wildman–Crippen MR) is 119 cm³/mol. The number of methoxy groups -OCH3 is 1. The van der Waals surface area contributed by atoms with Crippen molar-refractivity contribution in [2.24, 2.45) is 0 Å². The highest BCUT2D eigenvalue weighted by Crippen LogP contribution is 2.34. The monoisotopic (exact) mass is 442 g/mol. The number of amides is 2. The lowest BCUT2D eigenvalue weighted by Gasteiger charge is -2.07. The Morgan fingerprint density at radius 3 is 2.23 bits per heavy atom. The highest BCUT2D eigenvalue weighted by molar-refractivity contribution is 7.19. The van der Waals surface area contributed by atoms with E-state index >= 15 is 0 Å². The van der Waals surface area contributed by atoms with Gasteiger partial charge in [0.1, 0.15) is 5.00 Å². The number of halogens is 1. The summed E-state index contributed by atoms with van der Waals surface area (Å²) < 4.78 is 4.86. The number of carbonyl (C=O) groups excluding carboxylic acids is 3. The first-order valence-electron chi connectivity index (χ1n) is 8.97. The Kier molecular flexibility index (Phi) is 6.54. The van der Waals surface area contributed by atoms with Crippen molar-refractivity contribution in [3.63, 3.8) is 0 Å². The van der Waals surface area contributed by atoms with Gasteiger partial charge in [-0.25, -0.2) is 4.79 Å². The van der Waals surface area contributed by atoms with Gasteiger partial charge in [0.15, 0.2) is 0 Å². The van der Waals surface area contributed by atoms with E-state index in [0.717, 1.165) is 16.9 Å². The second kappa shape index (κ2) is 9.11. The highest BCUT2D eigenvalue weighted by atomic mass is 35.5. The average Bonchev–Trinajstić information content (AvgIpc) is 3.05. The molecule has 0 unspecified atom stereocenters. The summed E-state index contributed by atoms with van der Waals surface area (Å²) in [6.07, 6.45) is 0. The number of anilines is 2. The SMILES string of the molecule is COC(=O)c1c(NC(=O)c2ccc(Cl)cc2)sc(C(=O)Nc2ccccc2C)c1C. The van der Waals surface area contributed by atoms with E-state index < -0.39 is 11.9 Å². The molecule has 0 fully saturated rings. The lowest BCUT2D eigenvalue weighted by Crippen LogP contribution is -2.14. The van der Waals surface area contributed by atoms with E-state index in [-0.39, 0.29) is 16.5 Å². The van der Waals surface area contributed by atoms with Gasteiger partial charge in [0.25, 0.3) is 11.8 Å². The standard InChI is InChI=1S/C22H19ClN2O4S/c1-12-6-4-5-7-16(12)24-20(27)18-13(2)17(22(28)29-3)21(30-18)25-19(26)14-8-10-15(23)11-9-14/h4-11H,1-3H3,(H,24,27)(H,25,26). The second-order valence-electron chi connectivity index (χ2n) is 6.48. The predicted octanol–water partition coefficient (Wildman–Crippen LogP) is 5.31. The zero-order valence-electron chi connectivity index (χ0n) is 16.5. The van der Waals surface area contributed by atoms with Gasteiger partial charge in [0.05, 0.1) is 17.6 Å². The molecule has 0 aliphatic heterocycles. The number of hydrogen-bond donors (Lipinski definition) is 2. The summed E-state index contributed by atoms with van der Waals surface area (Å²) in [5, 5.41) is 6.30. The molecule has 1 aromatic heterocycles. The summed E-state index contributed by atoms with van der Waals surface area (Å²) in [4.78, 5) is 38.2. The lowest BCUT2D eigenvalue weighted by molar-refractivity contribution is 0.0601. The number of ether oxygens (including phenoxy) is 1. The molecule has 1 heterocycles. The van der Waals surface area contributed by atoms with E-state index in [4.69, 9.17) is 16.3 Å². The first-order valence-corrected chi connectivity index (χ1v) is 10.2. The smallest absolute Gasteiger partial charge is 0.341 e. The molecular weight excluding hydrogens is 424 g/mol. The van der Waals surface area contributed by atoms with Crippen molar-refractivity contribution < 1.29 is 19.1 Å². The molecule has 154 valence electrons. The van der Waals surface area contributed by atoms with Crippen LogP contribution < -0.4 is 10.6 Å². The summed E-state index contributed by atoms with van der Waals surface area (Å²) in [5.41, 5.74) is 2.53. The molecule has 0 bridgehead atoms. The Bertz CT molecular complexity index is 1120. The van der Waals surface area contributed by atoms with Gasteiger partial charge < -0.3 is 15.4 Å². The van der Waals surface area contributed by atoms with E-state index in [0.29, 0.717) is 26.7 Å². The number of benzene rings is 2. The van der Waals surface area contributed by atoms with Crippen LogP contribution in [0, 0.1) is 13.8 Å². The quantitative estimate of drug-likeness (QED) is 0.524. The van der Waals surface area contributed by atoms with Crippen molar-refractivity contribution in [3.05, 3.63) is 80.7 Å². The van der Waals surface area contributed by atoms with Gasteiger partial charge in [-0.3, -0.25) is 9.59 Å². The third kappa shape index (κ3) is 4.53. The van der Waals surface area contributed by atoms with Crippen LogP contribution in [0.3, 0.4) is 0 Å². The number of aryl methyl sites for hydroxylation is 1. The fourth-order valence-electron chi connectivity index (χ4n) is 2.83. The molecule has 0 atom stereocenters. The largest absolute Gasteiger partial charge is 0.465 e. The summed E-state index contributed by atoms with van der Waals surface area (Å²) in [6, 6.07) is 13.7. The first kappa shape index (κ1) is 21.5. The Morgan fingerprint density at radius 1 is 0.933 bits per heavy atom. The number of thiophene rings is 1. The van der Waals surface area contributed by atoms with Crippen LogP contribution >= 0.6 is 22.9 Å². The number of nitrogens with one attached hydrogen (secondary N) is 2. The Morgan fingerprint density at radius 2 is 1.60 bits per heavy atom. The van der Waals surface area contributed by atoms with Crippen molar-refractivity contribution in [2.75, 3.05) is 17.7 Å². The van der Waals surface area contributed by atoms with E-state index in [1.54, 1.807) is 37.3 Å². The molecule has 6 nitrogen and oxygen atoms in total. The van der Waals surface area contributed by atoms with E-state index in [1.165, 1.54) is 7.11 Å². The van der Waals surface area contributed by atoms with E-state index in [9.17, 15) is 14.4 Å². The molecule has 2 aromatic carbocycles. The molecule has 2 amide bonds. The maximum Gasteiger partial charge on any atom is 0.341 e. The maximum atomic E-state index is 12.9. The van der Waals surface area contributed by atoms with E-state index in [1.807, 2.05) is 25.1 Å². The normalized spacial score (nSPS) is 10.4. The van der Waals surface area contributed by atoms with E-state index in [2.05, 4.69) is 10.6 Å². The second-order valence-corrected chi connectivity index (χ2v) is 7.94. The first-order chi connectivity index (χ1) is 14.3. The minimum Gasteiger partial charge on any atom is -0.465 e. The fourth-order valence-corrected chi connectivity index (χ4v) is 4.05. The molecule has 0 saturated carbocycles. The molecule has 8 heteroatoms. The van der Waals surface area contributed by atoms with Crippen LogP contribution in [-0.4, -0.2) is 24.9 Å². The van der Waals surface area contributed by atoms with Gasteiger partial charge in [-0.1, -0.05) is 29.8 Å². The maximum absolute atomic E-state index is 12.9. The third-order valence-corrected chi connectivity index (χ3v) is 5.93. The molecule has 0 radical (unpaired) electrons. The number of hydrogen-bond acceptors (Lipinski definition) is 5. The molecule has 0 aliphatic rings. The van der Waals surface area contributed by atoms with Gasteiger partial charge in [0, 0.05) is 16.3 Å². The number of para-hydroxylation sites is 1. The molecule has 0 aliphatic carbocycles. The molecule has 3 aromatic rings. The molecule has 0 spiro atoms. The number of rotatable bonds is 5. The van der Waals surface area contributed by atoms with Gasteiger partial charge >= 0.3 is 5.97 Å². The van der Waals surface area contributed by atoms with Gasteiger partial charge in [-0.2, -0.15) is 0 Å².